The predicted octanol–water partition coefficient (Wildman–Crippen LogP) is 1.63. The molecule has 0 radical (unpaired) electrons. The summed E-state index contributed by atoms with van der Waals surface area (Å²) in [6.07, 6.45) is 10.1. The average molecular weight is 388 g/mol. The fraction of sp³-hybridized carbons (Fsp3) is 0.762. The summed E-state index contributed by atoms with van der Waals surface area (Å²) in [4.78, 5) is 29.5. The molecule has 0 aromatic carbocycles. The molecular formula is C21H33N5O2. The zero-order chi connectivity index (χ0) is 19.5. The Morgan fingerprint density at radius 1 is 1.11 bits per heavy atom. The molecule has 154 valence electrons. The van der Waals surface area contributed by atoms with Gasteiger partial charge >= 0.3 is 0 Å². The molecule has 7 heteroatoms. The molecule has 3 heterocycles. The van der Waals surface area contributed by atoms with E-state index in [0.29, 0.717) is 24.4 Å². The van der Waals surface area contributed by atoms with E-state index in [1.165, 1.54) is 0 Å². The van der Waals surface area contributed by atoms with Crippen LogP contribution in [0.2, 0.25) is 0 Å². The lowest BCUT2D eigenvalue weighted by atomic mass is 9.93. The number of amides is 2. The van der Waals surface area contributed by atoms with Crippen LogP contribution < -0.4 is 5.32 Å². The standard InChI is InChI=1S/C21H33N5O2/c1-2-26-14-16(13-23-26)12-22-20(27)18-4-3-9-25(15-18)19-7-10-24(11-8-19)21(28)17-5-6-17/h13-14,17-19H,2-12,15H2,1H3,(H,22,27)/t18-/m1/s1. The summed E-state index contributed by atoms with van der Waals surface area (Å²) in [7, 11) is 0. The number of hydrogen-bond donors (Lipinski definition) is 1. The van der Waals surface area contributed by atoms with E-state index in [1.807, 2.05) is 17.1 Å². The highest BCUT2D eigenvalue weighted by Gasteiger charge is 2.37. The zero-order valence-electron chi connectivity index (χ0n) is 17.0. The summed E-state index contributed by atoms with van der Waals surface area (Å²) >= 11 is 0. The maximum atomic E-state index is 12.7. The Hall–Kier alpha value is -1.89. The van der Waals surface area contributed by atoms with Gasteiger partial charge in [-0.3, -0.25) is 19.2 Å². The minimum absolute atomic E-state index is 0.0705. The number of aryl methyl sites for hydroxylation is 1. The summed E-state index contributed by atoms with van der Waals surface area (Å²) in [5.74, 6) is 0.932. The van der Waals surface area contributed by atoms with Crippen LogP contribution in [0.4, 0.5) is 0 Å². The summed E-state index contributed by atoms with van der Waals surface area (Å²) in [5.41, 5.74) is 1.05. The van der Waals surface area contributed by atoms with E-state index in [4.69, 9.17) is 0 Å². The molecule has 1 aromatic heterocycles. The summed E-state index contributed by atoms with van der Waals surface area (Å²) in [6, 6.07) is 0.515. The van der Waals surface area contributed by atoms with Gasteiger partial charge in [-0.15, -0.1) is 0 Å². The van der Waals surface area contributed by atoms with Crippen LogP contribution >= 0.6 is 0 Å². The van der Waals surface area contributed by atoms with Gasteiger partial charge in [0.1, 0.15) is 0 Å². The Bertz CT molecular complexity index is 691. The van der Waals surface area contributed by atoms with Crippen molar-refractivity contribution in [1.29, 1.82) is 0 Å². The first-order valence-corrected chi connectivity index (χ1v) is 11.0. The number of carbonyl (C=O) groups is 2. The van der Waals surface area contributed by atoms with Crippen molar-refractivity contribution in [2.24, 2.45) is 11.8 Å². The van der Waals surface area contributed by atoms with Crippen molar-refractivity contribution in [3.8, 4) is 0 Å². The predicted molar refractivity (Wildman–Crippen MR) is 106 cm³/mol. The summed E-state index contributed by atoms with van der Waals surface area (Å²) < 4.78 is 1.88. The molecule has 1 atom stereocenters. The van der Waals surface area contributed by atoms with Crippen molar-refractivity contribution in [3.63, 3.8) is 0 Å². The third-order valence-electron chi connectivity index (χ3n) is 6.52. The molecule has 0 spiro atoms. The molecule has 3 aliphatic rings. The van der Waals surface area contributed by atoms with Gasteiger partial charge < -0.3 is 10.2 Å². The highest BCUT2D eigenvalue weighted by Crippen LogP contribution is 2.32. The fourth-order valence-corrected chi connectivity index (χ4v) is 4.60. The van der Waals surface area contributed by atoms with E-state index >= 15 is 0 Å². The van der Waals surface area contributed by atoms with Gasteiger partial charge in [0.25, 0.3) is 0 Å². The van der Waals surface area contributed by atoms with Gasteiger partial charge in [0.2, 0.25) is 11.8 Å². The summed E-state index contributed by atoms with van der Waals surface area (Å²) in [5, 5.41) is 7.36. The maximum Gasteiger partial charge on any atom is 0.225 e. The topological polar surface area (TPSA) is 70.5 Å². The number of likely N-dealkylation sites (tertiary alicyclic amines) is 2. The second-order valence-electron chi connectivity index (χ2n) is 8.59. The number of nitrogens with one attached hydrogen (secondary N) is 1. The first-order valence-electron chi connectivity index (χ1n) is 11.0. The average Bonchev–Trinajstić information content (AvgIpc) is 3.49. The Labute approximate surface area is 167 Å². The number of nitrogens with zero attached hydrogens (tertiary/aromatic N) is 4. The fourth-order valence-electron chi connectivity index (χ4n) is 4.60. The van der Waals surface area contributed by atoms with Crippen LogP contribution in [0.25, 0.3) is 0 Å². The lowest BCUT2D eigenvalue weighted by molar-refractivity contribution is -0.134. The lowest BCUT2D eigenvalue weighted by Crippen LogP contribution is -2.51. The molecular weight excluding hydrogens is 354 g/mol. The third-order valence-corrected chi connectivity index (χ3v) is 6.52. The van der Waals surface area contributed by atoms with Crippen molar-refractivity contribution in [2.75, 3.05) is 26.2 Å². The van der Waals surface area contributed by atoms with E-state index < -0.39 is 0 Å². The van der Waals surface area contributed by atoms with Crippen molar-refractivity contribution in [1.82, 2.24) is 24.9 Å². The van der Waals surface area contributed by atoms with Crippen LogP contribution in [-0.4, -0.2) is 63.6 Å². The molecule has 1 saturated carbocycles. The van der Waals surface area contributed by atoms with Gasteiger partial charge in [0.15, 0.2) is 0 Å². The molecule has 1 aromatic rings. The van der Waals surface area contributed by atoms with E-state index in [9.17, 15) is 9.59 Å². The number of piperidine rings is 2. The first kappa shape index (κ1) is 19.4. The van der Waals surface area contributed by atoms with Crippen molar-refractivity contribution in [2.45, 2.75) is 64.6 Å². The zero-order valence-corrected chi connectivity index (χ0v) is 17.0. The molecule has 3 fully saturated rings. The van der Waals surface area contributed by atoms with Crippen LogP contribution in [-0.2, 0) is 22.7 Å². The lowest BCUT2D eigenvalue weighted by Gasteiger charge is -2.42. The molecule has 2 aliphatic heterocycles. The molecule has 1 N–H and O–H groups in total. The van der Waals surface area contributed by atoms with E-state index in [0.717, 1.165) is 76.8 Å². The first-order chi connectivity index (χ1) is 13.6. The van der Waals surface area contributed by atoms with Gasteiger partial charge in [0, 0.05) is 56.4 Å². The van der Waals surface area contributed by atoms with E-state index in [2.05, 4.69) is 27.1 Å². The molecule has 0 unspecified atom stereocenters. The molecule has 0 bridgehead atoms. The second kappa shape index (κ2) is 8.64. The van der Waals surface area contributed by atoms with Gasteiger partial charge in [-0.05, 0) is 52.0 Å². The minimum Gasteiger partial charge on any atom is -0.352 e. The SMILES string of the molecule is CCn1cc(CNC(=O)[C@@H]2CCCN(C3CCN(C(=O)C4CC4)CC3)C2)cn1. The second-order valence-corrected chi connectivity index (χ2v) is 8.59. The van der Waals surface area contributed by atoms with Gasteiger partial charge in [-0.2, -0.15) is 5.10 Å². The van der Waals surface area contributed by atoms with Crippen LogP contribution in [0, 0.1) is 11.8 Å². The van der Waals surface area contributed by atoms with E-state index in [-0.39, 0.29) is 11.8 Å². The van der Waals surface area contributed by atoms with Gasteiger partial charge in [-0.25, -0.2) is 0 Å². The monoisotopic (exact) mass is 387 g/mol. The molecule has 7 nitrogen and oxygen atoms in total. The Morgan fingerprint density at radius 2 is 1.89 bits per heavy atom. The molecule has 4 rings (SSSR count). The van der Waals surface area contributed by atoms with Gasteiger partial charge in [-0.1, -0.05) is 0 Å². The third kappa shape index (κ3) is 4.57. The largest absolute Gasteiger partial charge is 0.352 e. The number of carbonyl (C=O) groups excluding carboxylic acids is 2. The highest BCUT2D eigenvalue weighted by atomic mass is 16.2. The molecule has 2 saturated heterocycles. The number of aromatic nitrogens is 2. The van der Waals surface area contributed by atoms with Crippen LogP contribution in [0.3, 0.4) is 0 Å². The number of hydrogen-bond acceptors (Lipinski definition) is 4. The number of rotatable bonds is 6. The van der Waals surface area contributed by atoms with Crippen LogP contribution in [0.15, 0.2) is 12.4 Å². The maximum absolute atomic E-state index is 12.7. The van der Waals surface area contributed by atoms with Crippen LogP contribution in [0.1, 0.15) is 51.0 Å². The minimum atomic E-state index is 0.0705. The van der Waals surface area contributed by atoms with Crippen molar-refractivity contribution in [3.05, 3.63) is 18.0 Å². The normalized spacial score (nSPS) is 24.3. The Kier molecular flexibility index (Phi) is 5.99. The van der Waals surface area contributed by atoms with Gasteiger partial charge in [0.05, 0.1) is 12.1 Å². The van der Waals surface area contributed by atoms with Crippen molar-refractivity contribution < 1.29 is 9.59 Å². The Morgan fingerprint density at radius 3 is 2.57 bits per heavy atom. The molecule has 1 aliphatic carbocycles. The highest BCUT2D eigenvalue weighted by molar-refractivity contribution is 5.81. The van der Waals surface area contributed by atoms with Crippen LogP contribution in [0.5, 0.6) is 0 Å². The summed E-state index contributed by atoms with van der Waals surface area (Å²) in [6.45, 7) is 7.14. The van der Waals surface area contributed by atoms with E-state index in [1.54, 1.807) is 0 Å². The Balaban J connectivity index is 1.23. The smallest absolute Gasteiger partial charge is 0.225 e. The molecule has 2 amide bonds. The quantitative estimate of drug-likeness (QED) is 0.805. The molecule has 28 heavy (non-hydrogen) atoms. The van der Waals surface area contributed by atoms with Crippen molar-refractivity contribution >= 4 is 11.8 Å².